The number of methoxy groups -OCH3 is 1. The molecule has 0 atom stereocenters. The highest BCUT2D eigenvalue weighted by Gasteiger charge is 2.02. The lowest BCUT2D eigenvalue weighted by atomic mass is 10.3. The predicted molar refractivity (Wildman–Crippen MR) is 55.7 cm³/mol. The van der Waals surface area contributed by atoms with Crippen molar-refractivity contribution >= 4 is 23.4 Å². The van der Waals surface area contributed by atoms with Gasteiger partial charge in [0.1, 0.15) is 5.75 Å². The summed E-state index contributed by atoms with van der Waals surface area (Å²) in [6, 6.07) is 5.55. The number of ether oxygens (including phenoxy) is 2. The molecule has 2 nitrogen and oxygen atoms in total. The van der Waals surface area contributed by atoms with Crippen LogP contribution >= 0.6 is 23.4 Å². The Kier molecular flexibility index (Phi) is 4.42. The minimum atomic E-state index is 0.244. The van der Waals surface area contributed by atoms with Crippen molar-refractivity contribution in [2.24, 2.45) is 0 Å². The van der Waals surface area contributed by atoms with Gasteiger partial charge in [-0.3, -0.25) is 0 Å². The van der Waals surface area contributed by atoms with Crippen molar-refractivity contribution in [3.05, 3.63) is 23.2 Å². The zero-order chi connectivity index (χ0) is 9.68. The number of hydrogen-bond donors (Lipinski definition) is 0. The molecular weight excluding hydrogens is 208 g/mol. The normalized spacial score (nSPS) is 10.1. The summed E-state index contributed by atoms with van der Waals surface area (Å²) < 4.78 is 10.1. The van der Waals surface area contributed by atoms with E-state index in [4.69, 9.17) is 21.1 Å². The average molecular weight is 219 g/mol. The Morgan fingerprint density at radius 3 is 2.85 bits per heavy atom. The van der Waals surface area contributed by atoms with Gasteiger partial charge in [-0.1, -0.05) is 11.6 Å². The summed E-state index contributed by atoms with van der Waals surface area (Å²) in [6.07, 6.45) is 1.99. The molecule has 0 bridgehead atoms. The highest BCUT2D eigenvalue weighted by molar-refractivity contribution is 7.98. The van der Waals surface area contributed by atoms with Gasteiger partial charge in [-0.15, -0.1) is 11.8 Å². The van der Waals surface area contributed by atoms with Crippen LogP contribution in [0.5, 0.6) is 5.75 Å². The third-order valence-corrected chi connectivity index (χ3v) is 2.47. The lowest BCUT2D eigenvalue weighted by Gasteiger charge is -2.08. The molecule has 0 N–H and O–H groups in total. The second-order valence-corrected chi connectivity index (χ2v) is 3.63. The van der Waals surface area contributed by atoms with Crippen LogP contribution < -0.4 is 4.74 Å². The lowest BCUT2D eigenvalue weighted by molar-refractivity contribution is 0.0492. The minimum Gasteiger partial charge on any atom is -0.466 e. The molecule has 0 fully saturated rings. The molecule has 72 valence electrons. The molecule has 0 saturated heterocycles. The van der Waals surface area contributed by atoms with Crippen molar-refractivity contribution in [3.8, 4) is 5.75 Å². The second kappa shape index (κ2) is 5.37. The number of hydrogen-bond acceptors (Lipinski definition) is 3. The van der Waals surface area contributed by atoms with Gasteiger partial charge in [0.2, 0.25) is 0 Å². The van der Waals surface area contributed by atoms with E-state index in [2.05, 4.69) is 0 Å². The molecule has 4 heteroatoms. The van der Waals surface area contributed by atoms with Crippen LogP contribution in [-0.4, -0.2) is 20.2 Å². The fourth-order valence-electron chi connectivity index (χ4n) is 0.886. The standard InChI is InChI=1S/C9H11ClO2S/c1-11-6-12-8-5-7(10)3-4-9(8)13-2/h3-5H,6H2,1-2H3. The molecule has 0 spiro atoms. The van der Waals surface area contributed by atoms with Gasteiger partial charge in [-0.05, 0) is 18.4 Å². The van der Waals surface area contributed by atoms with E-state index in [9.17, 15) is 0 Å². The van der Waals surface area contributed by atoms with E-state index < -0.39 is 0 Å². The highest BCUT2D eigenvalue weighted by atomic mass is 35.5. The fraction of sp³-hybridized carbons (Fsp3) is 0.333. The molecule has 1 rings (SSSR count). The molecule has 0 unspecified atom stereocenters. The van der Waals surface area contributed by atoms with E-state index in [1.54, 1.807) is 24.9 Å². The van der Waals surface area contributed by atoms with E-state index >= 15 is 0 Å². The van der Waals surface area contributed by atoms with E-state index in [0.717, 1.165) is 10.6 Å². The predicted octanol–water partition coefficient (Wildman–Crippen LogP) is 3.04. The molecule has 0 radical (unpaired) electrons. The van der Waals surface area contributed by atoms with Gasteiger partial charge in [-0.25, -0.2) is 0 Å². The van der Waals surface area contributed by atoms with Crippen LogP contribution in [0.25, 0.3) is 0 Å². The van der Waals surface area contributed by atoms with E-state index in [0.29, 0.717) is 5.02 Å². The molecule has 13 heavy (non-hydrogen) atoms. The van der Waals surface area contributed by atoms with Crippen molar-refractivity contribution in [2.45, 2.75) is 4.90 Å². The Morgan fingerprint density at radius 2 is 2.23 bits per heavy atom. The van der Waals surface area contributed by atoms with Crippen LogP contribution in [0.1, 0.15) is 0 Å². The van der Waals surface area contributed by atoms with Crippen molar-refractivity contribution in [1.82, 2.24) is 0 Å². The molecule has 0 aliphatic carbocycles. The first-order chi connectivity index (χ1) is 6.27. The van der Waals surface area contributed by atoms with Crippen LogP contribution in [0.2, 0.25) is 5.02 Å². The van der Waals surface area contributed by atoms with Gasteiger partial charge in [0.25, 0.3) is 0 Å². The van der Waals surface area contributed by atoms with Crippen molar-refractivity contribution in [1.29, 1.82) is 0 Å². The van der Waals surface area contributed by atoms with Gasteiger partial charge in [-0.2, -0.15) is 0 Å². The molecular formula is C9H11ClO2S. The molecule has 0 aliphatic rings. The second-order valence-electron chi connectivity index (χ2n) is 2.35. The summed E-state index contributed by atoms with van der Waals surface area (Å²) in [5, 5.41) is 0.670. The number of rotatable bonds is 4. The summed E-state index contributed by atoms with van der Waals surface area (Å²) in [5.74, 6) is 0.766. The van der Waals surface area contributed by atoms with Crippen molar-refractivity contribution < 1.29 is 9.47 Å². The number of benzene rings is 1. The Balaban J connectivity index is 2.81. The SMILES string of the molecule is COCOc1cc(Cl)ccc1SC. The van der Waals surface area contributed by atoms with Crippen LogP contribution in [0, 0.1) is 0 Å². The number of halogens is 1. The Bertz CT molecular complexity index is 278. The molecule has 0 amide bonds. The van der Waals surface area contributed by atoms with Crippen molar-refractivity contribution in [2.75, 3.05) is 20.2 Å². The number of thioether (sulfide) groups is 1. The molecule has 0 saturated carbocycles. The lowest BCUT2D eigenvalue weighted by Crippen LogP contribution is -1.99. The van der Waals surface area contributed by atoms with E-state index in [1.165, 1.54) is 0 Å². The third-order valence-electron chi connectivity index (χ3n) is 1.46. The molecule has 1 aromatic rings. The molecule has 0 aliphatic heterocycles. The van der Waals surface area contributed by atoms with E-state index in [1.807, 2.05) is 18.4 Å². The van der Waals surface area contributed by atoms with Crippen LogP contribution in [0.15, 0.2) is 23.1 Å². The first-order valence-electron chi connectivity index (χ1n) is 3.73. The summed E-state index contributed by atoms with van der Waals surface area (Å²) >= 11 is 7.44. The van der Waals surface area contributed by atoms with Gasteiger partial charge in [0.05, 0.1) is 0 Å². The van der Waals surface area contributed by atoms with Crippen LogP contribution in [-0.2, 0) is 4.74 Å². The largest absolute Gasteiger partial charge is 0.466 e. The molecule has 0 aromatic heterocycles. The van der Waals surface area contributed by atoms with Gasteiger partial charge in [0, 0.05) is 23.1 Å². The van der Waals surface area contributed by atoms with Gasteiger partial charge < -0.3 is 9.47 Å². The smallest absolute Gasteiger partial charge is 0.188 e. The summed E-state index contributed by atoms with van der Waals surface area (Å²) in [6.45, 7) is 0.244. The van der Waals surface area contributed by atoms with Crippen LogP contribution in [0.4, 0.5) is 0 Å². The van der Waals surface area contributed by atoms with Gasteiger partial charge in [0.15, 0.2) is 6.79 Å². The van der Waals surface area contributed by atoms with Crippen molar-refractivity contribution in [3.63, 3.8) is 0 Å². The van der Waals surface area contributed by atoms with E-state index in [-0.39, 0.29) is 6.79 Å². The zero-order valence-corrected chi connectivity index (χ0v) is 9.11. The first kappa shape index (κ1) is 10.7. The topological polar surface area (TPSA) is 18.5 Å². The maximum atomic E-state index is 5.82. The maximum Gasteiger partial charge on any atom is 0.188 e. The minimum absolute atomic E-state index is 0.244. The average Bonchev–Trinajstić information content (AvgIpc) is 2.15. The van der Waals surface area contributed by atoms with Gasteiger partial charge >= 0.3 is 0 Å². The zero-order valence-electron chi connectivity index (χ0n) is 7.54. The maximum absolute atomic E-state index is 5.82. The first-order valence-corrected chi connectivity index (χ1v) is 5.33. The molecule has 0 heterocycles. The highest BCUT2D eigenvalue weighted by Crippen LogP contribution is 2.30. The fourth-order valence-corrected chi connectivity index (χ4v) is 1.57. The summed E-state index contributed by atoms with van der Waals surface area (Å²) in [7, 11) is 1.59. The summed E-state index contributed by atoms with van der Waals surface area (Å²) in [4.78, 5) is 1.06. The Labute approximate surface area is 87.2 Å². The van der Waals surface area contributed by atoms with Crippen LogP contribution in [0.3, 0.4) is 0 Å². The quantitative estimate of drug-likeness (QED) is 0.572. The summed E-state index contributed by atoms with van der Waals surface area (Å²) in [5.41, 5.74) is 0. The third kappa shape index (κ3) is 3.10. The molecule has 1 aromatic carbocycles. The Morgan fingerprint density at radius 1 is 1.46 bits per heavy atom. The Hall–Kier alpha value is -0.380. The monoisotopic (exact) mass is 218 g/mol.